The van der Waals surface area contributed by atoms with Crippen molar-refractivity contribution in [2.24, 2.45) is 0 Å². The molecule has 0 aliphatic rings. The van der Waals surface area contributed by atoms with Crippen molar-refractivity contribution in [3.63, 3.8) is 0 Å². The van der Waals surface area contributed by atoms with Crippen LogP contribution in [0, 0.1) is 6.92 Å². The first kappa shape index (κ1) is 16.0. The first-order valence-electron chi connectivity index (χ1n) is 6.46. The van der Waals surface area contributed by atoms with Crippen LogP contribution in [-0.4, -0.2) is 33.0 Å². The summed E-state index contributed by atoms with van der Waals surface area (Å²) in [6, 6.07) is 6.70. The summed E-state index contributed by atoms with van der Waals surface area (Å²) in [7, 11) is 0. The predicted octanol–water partition coefficient (Wildman–Crippen LogP) is 2.14. The number of rotatable bonds is 7. The molecule has 0 bridgehead atoms. The number of nitrogens with two attached hydrogens (primary N) is 1. The van der Waals surface area contributed by atoms with E-state index in [2.05, 4.69) is 10.2 Å². The molecule has 0 spiro atoms. The van der Waals surface area contributed by atoms with E-state index in [1.807, 2.05) is 0 Å². The molecule has 0 saturated carbocycles. The second kappa shape index (κ2) is 7.60. The van der Waals surface area contributed by atoms with E-state index in [1.165, 1.54) is 16.4 Å². The number of carbonyl (C=O) groups excluding carboxylic acids is 1. The number of nitrogens with zero attached hydrogens (tertiary/aromatic N) is 3. The molecule has 0 amide bonds. The van der Waals surface area contributed by atoms with Gasteiger partial charge >= 0.3 is 0 Å². The van der Waals surface area contributed by atoms with Gasteiger partial charge in [-0.05, 0) is 19.1 Å². The maximum absolute atomic E-state index is 12.1. The van der Waals surface area contributed by atoms with Gasteiger partial charge in [-0.25, -0.2) is 9.07 Å². The third kappa shape index (κ3) is 3.85. The summed E-state index contributed by atoms with van der Waals surface area (Å²) in [5.74, 6) is 6.91. The summed E-state index contributed by atoms with van der Waals surface area (Å²) in [5, 5.41) is 8.36. The minimum absolute atomic E-state index is 0.214. The van der Waals surface area contributed by atoms with E-state index in [9.17, 15) is 9.18 Å². The maximum atomic E-state index is 12.1. The van der Waals surface area contributed by atoms with Crippen LogP contribution in [-0.2, 0) is 0 Å². The highest BCUT2D eigenvalue weighted by Crippen LogP contribution is 2.20. The topological polar surface area (TPSA) is 83.0 Å². The van der Waals surface area contributed by atoms with Crippen molar-refractivity contribution < 1.29 is 13.9 Å². The number of para-hydroxylation sites is 1. The van der Waals surface area contributed by atoms with Gasteiger partial charge in [0.1, 0.15) is 11.6 Å². The number of carbonyl (C=O) groups is 1. The summed E-state index contributed by atoms with van der Waals surface area (Å²) >= 11 is 1.39. The molecule has 0 aliphatic heterocycles. The van der Waals surface area contributed by atoms with E-state index in [4.69, 9.17) is 10.6 Å². The predicted molar refractivity (Wildman–Crippen MR) is 82.1 cm³/mol. The molecule has 22 heavy (non-hydrogen) atoms. The third-order valence-electron chi connectivity index (χ3n) is 2.77. The average molecular weight is 322 g/mol. The van der Waals surface area contributed by atoms with Gasteiger partial charge in [0.25, 0.3) is 0 Å². The Morgan fingerprint density at radius 1 is 1.45 bits per heavy atom. The standard InChI is InChI=1S/C14H15FN4O2S/c1-10-17-18-14(19(10)16)22-9-8-21-13-5-3-2-4-11(13)12(20)6-7-15/h2-7H,8-9,16H2,1H3. The van der Waals surface area contributed by atoms with Gasteiger partial charge < -0.3 is 10.6 Å². The summed E-state index contributed by atoms with van der Waals surface area (Å²) in [4.78, 5) is 11.7. The zero-order valence-corrected chi connectivity index (χ0v) is 12.7. The summed E-state index contributed by atoms with van der Waals surface area (Å²) in [6.07, 6.45) is 1.07. The molecular formula is C14H15FN4O2S. The number of aryl methyl sites for hydroxylation is 1. The molecule has 1 aromatic heterocycles. The van der Waals surface area contributed by atoms with Crippen LogP contribution in [0.5, 0.6) is 5.75 Å². The van der Waals surface area contributed by atoms with Crippen LogP contribution in [0.1, 0.15) is 16.2 Å². The van der Waals surface area contributed by atoms with E-state index >= 15 is 0 Å². The summed E-state index contributed by atoms with van der Waals surface area (Å²) < 4.78 is 19.1. The Balaban J connectivity index is 1.92. The SMILES string of the molecule is Cc1nnc(SCCOc2ccccc2C(=O)C=CF)n1N. The highest BCUT2D eigenvalue weighted by Gasteiger charge is 2.10. The molecule has 2 N–H and O–H groups in total. The van der Waals surface area contributed by atoms with Crippen molar-refractivity contribution in [3.05, 3.63) is 48.1 Å². The lowest BCUT2D eigenvalue weighted by Gasteiger charge is -2.09. The number of allylic oxidation sites excluding steroid dienone is 1. The summed E-state index contributed by atoms with van der Waals surface area (Å²) in [6.45, 7) is 2.11. The zero-order chi connectivity index (χ0) is 15.9. The third-order valence-corrected chi connectivity index (χ3v) is 3.68. The molecule has 6 nitrogen and oxygen atoms in total. The van der Waals surface area contributed by atoms with Crippen LogP contribution in [0.2, 0.25) is 0 Å². The molecule has 0 saturated heterocycles. The van der Waals surface area contributed by atoms with Gasteiger partial charge in [-0.2, -0.15) is 0 Å². The zero-order valence-electron chi connectivity index (χ0n) is 11.9. The lowest BCUT2D eigenvalue weighted by atomic mass is 10.1. The molecule has 0 aliphatic carbocycles. The van der Waals surface area contributed by atoms with Crippen molar-refractivity contribution >= 4 is 17.5 Å². The fourth-order valence-corrected chi connectivity index (χ4v) is 2.39. The van der Waals surface area contributed by atoms with Gasteiger partial charge in [0, 0.05) is 11.8 Å². The molecule has 2 rings (SSSR count). The normalized spacial score (nSPS) is 11.0. The van der Waals surface area contributed by atoms with E-state index in [0.29, 0.717) is 34.7 Å². The van der Waals surface area contributed by atoms with Gasteiger partial charge in [0.2, 0.25) is 5.16 Å². The summed E-state index contributed by atoms with van der Waals surface area (Å²) in [5.41, 5.74) is 0.319. The quantitative estimate of drug-likeness (QED) is 0.276. The van der Waals surface area contributed by atoms with Crippen molar-refractivity contribution in [3.8, 4) is 5.75 Å². The van der Waals surface area contributed by atoms with E-state index in [0.717, 1.165) is 6.08 Å². The Hall–Kier alpha value is -2.35. The minimum atomic E-state index is -0.442. The first-order valence-corrected chi connectivity index (χ1v) is 7.45. The second-order valence-electron chi connectivity index (χ2n) is 4.25. The van der Waals surface area contributed by atoms with E-state index in [-0.39, 0.29) is 6.33 Å². The van der Waals surface area contributed by atoms with Crippen molar-refractivity contribution in [1.29, 1.82) is 0 Å². The van der Waals surface area contributed by atoms with E-state index < -0.39 is 5.78 Å². The number of ketones is 1. The number of thioether (sulfide) groups is 1. The number of benzene rings is 1. The molecule has 8 heteroatoms. The molecule has 1 aromatic carbocycles. The van der Waals surface area contributed by atoms with E-state index in [1.54, 1.807) is 31.2 Å². The number of aromatic nitrogens is 3. The number of hydrogen-bond donors (Lipinski definition) is 1. The Kier molecular flexibility index (Phi) is 5.54. The number of hydrogen-bond acceptors (Lipinski definition) is 6. The Labute approximate surface area is 131 Å². The minimum Gasteiger partial charge on any atom is -0.492 e. The van der Waals surface area contributed by atoms with Gasteiger partial charge in [-0.3, -0.25) is 4.79 Å². The van der Waals surface area contributed by atoms with Gasteiger partial charge in [-0.1, -0.05) is 23.9 Å². The molecule has 0 fully saturated rings. The lowest BCUT2D eigenvalue weighted by Crippen LogP contribution is -2.12. The monoisotopic (exact) mass is 322 g/mol. The number of ether oxygens (including phenoxy) is 1. The number of halogens is 1. The Morgan fingerprint density at radius 2 is 2.23 bits per heavy atom. The Bertz CT molecular complexity index is 687. The fourth-order valence-electron chi connectivity index (χ4n) is 1.68. The van der Waals surface area contributed by atoms with Crippen LogP contribution in [0.4, 0.5) is 4.39 Å². The van der Waals surface area contributed by atoms with Gasteiger partial charge in [-0.15, -0.1) is 10.2 Å². The molecule has 2 aromatic rings. The largest absolute Gasteiger partial charge is 0.492 e. The molecule has 1 heterocycles. The Morgan fingerprint density at radius 3 is 2.91 bits per heavy atom. The van der Waals surface area contributed by atoms with Crippen LogP contribution in [0.15, 0.2) is 41.8 Å². The second-order valence-corrected chi connectivity index (χ2v) is 5.31. The maximum Gasteiger partial charge on any atom is 0.209 e. The molecule has 0 atom stereocenters. The number of nitrogen functional groups attached to an aromatic ring is 1. The molecular weight excluding hydrogens is 307 g/mol. The van der Waals surface area contributed by atoms with Crippen molar-refractivity contribution in [2.45, 2.75) is 12.1 Å². The highest BCUT2D eigenvalue weighted by molar-refractivity contribution is 7.99. The average Bonchev–Trinajstić information content (AvgIpc) is 2.84. The van der Waals surface area contributed by atoms with Crippen LogP contribution in [0.25, 0.3) is 0 Å². The molecule has 116 valence electrons. The first-order chi connectivity index (χ1) is 10.6. The van der Waals surface area contributed by atoms with Crippen molar-refractivity contribution in [1.82, 2.24) is 14.9 Å². The lowest BCUT2D eigenvalue weighted by molar-refractivity contribution is 0.104. The van der Waals surface area contributed by atoms with Crippen LogP contribution < -0.4 is 10.6 Å². The van der Waals surface area contributed by atoms with Gasteiger partial charge in [0.15, 0.2) is 5.78 Å². The fraction of sp³-hybridized carbons (Fsp3) is 0.214. The molecule has 0 unspecified atom stereocenters. The highest BCUT2D eigenvalue weighted by atomic mass is 32.2. The molecule has 0 radical (unpaired) electrons. The van der Waals surface area contributed by atoms with Crippen LogP contribution >= 0.6 is 11.8 Å². The smallest absolute Gasteiger partial charge is 0.209 e. The van der Waals surface area contributed by atoms with Crippen LogP contribution in [0.3, 0.4) is 0 Å². The van der Waals surface area contributed by atoms with Crippen molar-refractivity contribution in [2.75, 3.05) is 18.2 Å². The van der Waals surface area contributed by atoms with Gasteiger partial charge in [0.05, 0.1) is 18.5 Å².